The summed E-state index contributed by atoms with van der Waals surface area (Å²) in [6.45, 7) is 2.69. The number of sulfonamides is 1. The Morgan fingerprint density at radius 3 is 2.55 bits per heavy atom. The summed E-state index contributed by atoms with van der Waals surface area (Å²) in [4.78, 5) is 13.5. The third-order valence-corrected chi connectivity index (χ3v) is 7.21. The Bertz CT molecular complexity index is 1120. The molecule has 1 amide bonds. The molecule has 0 saturated carbocycles. The maximum atomic E-state index is 13.0. The van der Waals surface area contributed by atoms with Gasteiger partial charge in [-0.05, 0) is 24.3 Å². The molecular weight excluding hydrogens is 420 g/mol. The van der Waals surface area contributed by atoms with E-state index in [4.69, 9.17) is 14.7 Å². The molecular formula is C21H23N4O5S+. The van der Waals surface area contributed by atoms with E-state index in [1.54, 1.807) is 30.3 Å². The molecule has 162 valence electrons. The van der Waals surface area contributed by atoms with Crippen LogP contribution < -0.4 is 19.7 Å². The van der Waals surface area contributed by atoms with Gasteiger partial charge in [0.05, 0.1) is 42.3 Å². The molecule has 0 aromatic heterocycles. The molecule has 10 heteroatoms. The fourth-order valence-electron chi connectivity index (χ4n) is 3.66. The molecule has 9 nitrogen and oxygen atoms in total. The van der Waals surface area contributed by atoms with E-state index in [1.165, 1.54) is 16.4 Å². The number of para-hydroxylation sites is 1. The molecule has 2 N–H and O–H groups in total. The molecule has 1 saturated heterocycles. The van der Waals surface area contributed by atoms with Crippen LogP contribution in [0.1, 0.15) is 5.56 Å². The van der Waals surface area contributed by atoms with Crippen molar-refractivity contribution in [2.75, 3.05) is 51.3 Å². The molecule has 0 spiro atoms. The van der Waals surface area contributed by atoms with Crippen molar-refractivity contribution in [3.8, 4) is 17.6 Å². The van der Waals surface area contributed by atoms with Gasteiger partial charge in [0, 0.05) is 6.07 Å². The number of amides is 1. The van der Waals surface area contributed by atoms with Gasteiger partial charge < -0.3 is 19.7 Å². The molecule has 4 rings (SSSR count). The molecule has 1 fully saturated rings. The molecule has 2 heterocycles. The van der Waals surface area contributed by atoms with Crippen LogP contribution in [-0.4, -0.2) is 64.6 Å². The molecule has 2 aromatic carbocycles. The van der Waals surface area contributed by atoms with Gasteiger partial charge in [-0.1, -0.05) is 12.1 Å². The Morgan fingerprint density at radius 1 is 1.10 bits per heavy atom. The molecule has 31 heavy (non-hydrogen) atoms. The summed E-state index contributed by atoms with van der Waals surface area (Å²) in [5.74, 6) is 0.773. The smallest absolute Gasteiger partial charge is 0.279 e. The Morgan fingerprint density at radius 2 is 1.81 bits per heavy atom. The second kappa shape index (κ2) is 8.93. The van der Waals surface area contributed by atoms with E-state index in [1.807, 2.05) is 6.07 Å². The number of carbonyl (C=O) groups is 1. The fourth-order valence-corrected chi connectivity index (χ4v) is 5.12. The van der Waals surface area contributed by atoms with Gasteiger partial charge in [0.25, 0.3) is 5.91 Å². The van der Waals surface area contributed by atoms with Crippen LogP contribution in [0.4, 0.5) is 5.69 Å². The monoisotopic (exact) mass is 443 g/mol. The van der Waals surface area contributed by atoms with E-state index in [-0.39, 0.29) is 17.3 Å². The Kier molecular flexibility index (Phi) is 6.08. The molecule has 0 unspecified atom stereocenters. The molecule has 0 atom stereocenters. The van der Waals surface area contributed by atoms with Crippen LogP contribution in [0.2, 0.25) is 0 Å². The molecule has 0 radical (unpaired) electrons. The highest BCUT2D eigenvalue weighted by atomic mass is 32.2. The first-order valence-electron chi connectivity index (χ1n) is 10.00. The van der Waals surface area contributed by atoms with E-state index >= 15 is 0 Å². The van der Waals surface area contributed by atoms with Crippen LogP contribution in [0.15, 0.2) is 47.4 Å². The van der Waals surface area contributed by atoms with Crippen molar-refractivity contribution in [2.24, 2.45) is 0 Å². The second-order valence-corrected chi connectivity index (χ2v) is 9.28. The zero-order valence-electron chi connectivity index (χ0n) is 16.8. The van der Waals surface area contributed by atoms with Crippen LogP contribution in [0.3, 0.4) is 0 Å². The van der Waals surface area contributed by atoms with Crippen molar-refractivity contribution in [3.63, 3.8) is 0 Å². The van der Waals surface area contributed by atoms with Crippen molar-refractivity contribution >= 4 is 21.6 Å². The van der Waals surface area contributed by atoms with Gasteiger partial charge in [0.15, 0.2) is 18.0 Å². The van der Waals surface area contributed by atoms with Crippen molar-refractivity contribution < 1.29 is 27.6 Å². The highest BCUT2D eigenvalue weighted by Gasteiger charge is 2.32. The SMILES string of the molecule is N#Cc1ccccc1NC(=O)C[NH+]1CCN(S(=O)(=O)c2ccc3c(c2)OCCO3)CC1. The zero-order valence-corrected chi connectivity index (χ0v) is 17.7. The van der Waals surface area contributed by atoms with Gasteiger partial charge in [-0.3, -0.25) is 4.79 Å². The fraction of sp³-hybridized carbons (Fsp3) is 0.333. The average Bonchev–Trinajstić information content (AvgIpc) is 2.79. The van der Waals surface area contributed by atoms with Crippen molar-refractivity contribution in [2.45, 2.75) is 4.90 Å². The van der Waals surface area contributed by atoms with Crippen molar-refractivity contribution in [1.29, 1.82) is 5.26 Å². The lowest BCUT2D eigenvalue weighted by molar-refractivity contribution is -0.895. The number of rotatable bonds is 5. The Hall–Kier alpha value is -3.13. The number of carbonyl (C=O) groups excluding carboxylic acids is 1. The first-order chi connectivity index (χ1) is 15.0. The second-order valence-electron chi connectivity index (χ2n) is 7.34. The van der Waals surface area contributed by atoms with Gasteiger partial charge in [0.1, 0.15) is 19.3 Å². The van der Waals surface area contributed by atoms with E-state index in [9.17, 15) is 13.2 Å². The molecule has 0 aliphatic carbocycles. The number of benzene rings is 2. The number of anilines is 1. The minimum absolute atomic E-state index is 0.172. The number of nitrogens with one attached hydrogen (secondary N) is 2. The number of fused-ring (bicyclic) bond motifs is 1. The first kappa shape index (κ1) is 21.1. The predicted molar refractivity (Wildman–Crippen MR) is 112 cm³/mol. The van der Waals surface area contributed by atoms with Crippen molar-refractivity contribution in [1.82, 2.24) is 4.31 Å². The Labute approximate surface area is 180 Å². The number of piperazine rings is 1. The number of hydrogen-bond acceptors (Lipinski definition) is 6. The van der Waals surface area contributed by atoms with E-state index in [0.29, 0.717) is 62.1 Å². The molecule has 2 aromatic rings. The Balaban J connectivity index is 1.35. The molecule has 2 aliphatic rings. The summed E-state index contributed by atoms with van der Waals surface area (Å²) in [7, 11) is -3.66. The van der Waals surface area contributed by atoms with Crippen LogP contribution in [-0.2, 0) is 14.8 Å². The number of quaternary nitrogens is 1. The van der Waals surface area contributed by atoms with Crippen LogP contribution in [0, 0.1) is 11.3 Å². The van der Waals surface area contributed by atoms with Crippen molar-refractivity contribution in [3.05, 3.63) is 48.0 Å². The topological polar surface area (TPSA) is 113 Å². The highest BCUT2D eigenvalue weighted by molar-refractivity contribution is 7.89. The summed E-state index contributed by atoms with van der Waals surface area (Å²) in [5.41, 5.74) is 0.885. The number of nitriles is 1. The van der Waals surface area contributed by atoms with Gasteiger partial charge in [-0.25, -0.2) is 8.42 Å². The number of hydrogen-bond donors (Lipinski definition) is 2. The zero-order chi connectivity index (χ0) is 21.8. The van der Waals surface area contributed by atoms with E-state index in [2.05, 4.69) is 5.32 Å². The van der Waals surface area contributed by atoms with Crippen LogP contribution in [0.25, 0.3) is 0 Å². The standard InChI is InChI=1S/C21H22N4O5S/c22-14-16-3-1-2-4-18(16)23-21(26)15-24-7-9-25(10-8-24)31(27,28)17-5-6-19-20(13-17)30-12-11-29-19/h1-6,13H,7-12,15H2,(H,23,26)/p+1. The third-order valence-electron chi connectivity index (χ3n) is 5.31. The summed E-state index contributed by atoms with van der Waals surface area (Å²) in [5, 5.41) is 11.9. The summed E-state index contributed by atoms with van der Waals surface area (Å²) < 4.78 is 38.4. The van der Waals surface area contributed by atoms with Gasteiger partial charge in [0.2, 0.25) is 10.0 Å². The van der Waals surface area contributed by atoms with E-state index < -0.39 is 10.0 Å². The largest absolute Gasteiger partial charge is 0.486 e. The number of ether oxygens (including phenoxy) is 2. The maximum absolute atomic E-state index is 13.0. The molecule has 0 bridgehead atoms. The summed E-state index contributed by atoms with van der Waals surface area (Å²) >= 11 is 0. The van der Waals surface area contributed by atoms with Gasteiger partial charge >= 0.3 is 0 Å². The van der Waals surface area contributed by atoms with Crippen LogP contribution in [0.5, 0.6) is 11.5 Å². The number of nitrogens with zero attached hydrogens (tertiary/aromatic N) is 2. The lowest BCUT2D eigenvalue weighted by Crippen LogP contribution is -3.15. The van der Waals surface area contributed by atoms with E-state index in [0.717, 1.165) is 4.90 Å². The average molecular weight is 444 g/mol. The third kappa shape index (κ3) is 4.64. The normalized spacial score (nSPS) is 17.0. The summed E-state index contributed by atoms with van der Waals surface area (Å²) in [6.07, 6.45) is 0. The van der Waals surface area contributed by atoms with Gasteiger partial charge in [-0.2, -0.15) is 9.57 Å². The molecule has 2 aliphatic heterocycles. The predicted octanol–water partition coefficient (Wildman–Crippen LogP) is -0.143. The lowest BCUT2D eigenvalue weighted by Gasteiger charge is -2.31. The minimum atomic E-state index is -3.66. The first-order valence-corrected chi connectivity index (χ1v) is 11.4. The maximum Gasteiger partial charge on any atom is 0.279 e. The van der Waals surface area contributed by atoms with Crippen LogP contribution >= 0.6 is 0 Å². The minimum Gasteiger partial charge on any atom is -0.486 e. The lowest BCUT2D eigenvalue weighted by atomic mass is 10.2. The quantitative estimate of drug-likeness (QED) is 0.665. The van der Waals surface area contributed by atoms with Gasteiger partial charge in [-0.15, -0.1) is 0 Å². The highest BCUT2D eigenvalue weighted by Crippen LogP contribution is 2.33. The summed E-state index contributed by atoms with van der Waals surface area (Å²) in [6, 6.07) is 13.5.